The van der Waals surface area contributed by atoms with E-state index in [0.717, 1.165) is 15.7 Å². The van der Waals surface area contributed by atoms with Gasteiger partial charge in [-0.15, -0.1) is 5.10 Å². The van der Waals surface area contributed by atoms with Gasteiger partial charge in [0.1, 0.15) is 6.04 Å². The molecule has 0 spiro atoms. The first-order valence-electron chi connectivity index (χ1n) is 9.70. The molecule has 154 valence electrons. The number of nitrogens with zero attached hydrogens (tertiary/aromatic N) is 3. The zero-order valence-corrected chi connectivity index (χ0v) is 18.1. The van der Waals surface area contributed by atoms with Gasteiger partial charge in [0, 0.05) is 15.9 Å². The Kier molecular flexibility index (Phi) is 4.91. The van der Waals surface area contributed by atoms with Gasteiger partial charge in [0.25, 0.3) is 5.91 Å². The van der Waals surface area contributed by atoms with Crippen LogP contribution in [0.5, 0.6) is 0 Å². The standard InChI is InChI=1S/C23H18BrN5O2/c1-14-19(22(30)26-17-9-3-2-4-10-17)20(15-7-5-8-16(24)13-15)29-23(25-14)27-21(28-29)18-11-6-12-31-18/h2-13,20H,1H3,(H,26,30)(H,25,27,28)/t20-/m1/s1. The van der Waals surface area contributed by atoms with Crippen molar-refractivity contribution in [3.8, 4) is 11.6 Å². The Morgan fingerprint density at radius 1 is 1.13 bits per heavy atom. The molecule has 0 fully saturated rings. The van der Waals surface area contributed by atoms with Crippen molar-refractivity contribution in [2.24, 2.45) is 0 Å². The van der Waals surface area contributed by atoms with Gasteiger partial charge < -0.3 is 15.1 Å². The lowest BCUT2D eigenvalue weighted by atomic mass is 9.95. The van der Waals surface area contributed by atoms with Crippen molar-refractivity contribution in [1.29, 1.82) is 0 Å². The van der Waals surface area contributed by atoms with Gasteiger partial charge in [-0.25, -0.2) is 4.68 Å². The summed E-state index contributed by atoms with van der Waals surface area (Å²) in [6.07, 6.45) is 1.58. The third-order valence-corrected chi connectivity index (χ3v) is 5.53. The number of aromatic nitrogens is 3. The number of benzene rings is 2. The van der Waals surface area contributed by atoms with E-state index in [1.165, 1.54) is 0 Å². The van der Waals surface area contributed by atoms with Crippen molar-refractivity contribution in [2.75, 3.05) is 10.6 Å². The molecule has 0 radical (unpaired) electrons. The molecule has 0 saturated carbocycles. The molecule has 2 N–H and O–H groups in total. The van der Waals surface area contributed by atoms with Crippen molar-refractivity contribution in [1.82, 2.24) is 14.8 Å². The second kappa shape index (κ2) is 7.88. The lowest BCUT2D eigenvalue weighted by Crippen LogP contribution is -2.31. The smallest absolute Gasteiger partial charge is 0.255 e. The zero-order chi connectivity index (χ0) is 21.4. The van der Waals surface area contributed by atoms with E-state index in [1.54, 1.807) is 23.1 Å². The van der Waals surface area contributed by atoms with Crippen LogP contribution in [0.4, 0.5) is 11.6 Å². The molecule has 3 heterocycles. The fraction of sp³-hybridized carbons (Fsp3) is 0.0870. The maximum Gasteiger partial charge on any atom is 0.255 e. The van der Waals surface area contributed by atoms with E-state index < -0.39 is 6.04 Å². The van der Waals surface area contributed by atoms with Crippen molar-refractivity contribution in [3.63, 3.8) is 0 Å². The number of hydrogen-bond donors (Lipinski definition) is 2. The Morgan fingerprint density at radius 2 is 1.97 bits per heavy atom. The number of nitrogens with one attached hydrogen (secondary N) is 2. The molecule has 5 rings (SSSR count). The number of halogens is 1. The number of allylic oxidation sites excluding steroid dienone is 1. The van der Waals surface area contributed by atoms with Crippen LogP contribution in [0.15, 0.2) is 93.2 Å². The summed E-state index contributed by atoms with van der Waals surface area (Å²) < 4.78 is 8.11. The van der Waals surface area contributed by atoms with Gasteiger partial charge in [0.15, 0.2) is 5.76 Å². The molecule has 4 aromatic rings. The summed E-state index contributed by atoms with van der Waals surface area (Å²) in [6.45, 7) is 1.87. The minimum absolute atomic E-state index is 0.207. The molecule has 2 aromatic heterocycles. The van der Waals surface area contributed by atoms with Crippen molar-refractivity contribution in [2.45, 2.75) is 13.0 Å². The van der Waals surface area contributed by atoms with E-state index in [1.807, 2.05) is 61.5 Å². The summed E-state index contributed by atoms with van der Waals surface area (Å²) in [5, 5.41) is 10.9. The second-order valence-electron chi connectivity index (χ2n) is 7.12. The Bertz CT molecular complexity index is 1280. The van der Waals surface area contributed by atoms with E-state index in [-0.39, 0.29) is 5.91 Å². The maximum absolute atomic E-state index is 13.4. The quantitative estimate of drug-likeness (QED) is 0.422. The topological polar surface area (TPSA) is 85.0 Å². The summed E-state index contributed by atoms with van der Waals surface area (Å²) in [5.74, 6) is 1.35. The number of amides is 1. The number of furan rings is 1. The van der Waals surface area contributed by atoms with Crippen LogP contribution in [-0.4, -0.2) is 20.7 Å². The van der Waals surface area contributed by atoms with Crippen LogP contribution < -0.4 is 10.6 Å². The Morgan fingerprint density at radius 3 is 2.71 bits per heavy atom. The van der Waals surface area contributed by atoms with E-state index in [4.69, 9.17) is 4.42 Å². The third-order valence-electron chi connectivity index (χ3n) is 5.03. The molecule has 8 heteroatoms. The average Bonchev–Trinajstić information content (AvgIpc) is 3.43. The van der Waals surface area contributed by atoms with Crippen molar-refractivity contribution < 1.29 is 9.21 Å². The molecule has 0 unspecified atom stereocenters. The molecule has 0 saturated heterocycles. The lowest BCUT2D eigenvalue weighted by Gasteiger charge is -2.28. The van der Waals surface area contributed by atoms with E-state index in [2.05, 4.69) is 36.6 Å². The van der Waals surface area contributed by atoms with E-state index in [0.29, 0.717) is 28.8 Å². The molecule has 1 amide bonds. The highest BCUT2D eigenvalue weighted by atomic mass is 79.9. The van der Waals surface area contributed by atoms with Crippen LogP contribution >= 0.6 is 15.9 Å². The molecule has 2 aromatic carbocycles. The van der Waals surface area contributed by atoms with Gasteiger partial charge in [0.2, 0.25) is 11.8 Å². The summed E-state index contributed by atoms with van der Waals surface area (Å²) in [6, 6.07) is 20.4. The van der Waals surface area contributed by atoms with E-state index in [9.17, 15) is 4.79 Å². The van der Waals surface area contributed by atoms with Gasteiger partial charge in [-0.3, -0.25) is 4.79 Å². The highest BCUT2D eigenvalue weighted by molar-refractivity contribution is 9.10. The zero-order valence-electron chi connectivity index (χ0n) is 16.5. The van der Waals surface area contributed by atoms with Crippen LogP contribution in [0.25, 0.3) is 11.6 Å². The van der Waals surface area contributed by atoms with Crippen LogP contribution in [0.3, 0.4) is 0 Å². The minimum atomic E-state index is -0.464. The molecule has 31 heavy (non-hydrogen) atoms. The van der Waals surface area contributed by atoms with Crippen LogP contribution in [0.1, 0.15) is 18.5 Å². The molecule has 1 aliphatic heterocycles. The molecule has 0 bridgehead atoms. The van der Waals surface area contributed by atoms with E-state index >= 15 is 0 Å². The molecule has 7 nitrogen and oxygen atoms in total. The fourth-order valence-corrected chi connectivity index (χ4v) is 4.08. The summed E-state index contributed by atoms with van der Waals surface area (Å²) in [7, 11) is 0. The number of carbonyl (C=O) groups is 1. The normalized spacial score (nSPS) is 15.4. The summed E-state index contributed by atoms with van der Waals surface area (Å²) in [4.78, 5) is 18.0. The number of hydrogen-bond acceptors (Lipinski definition) is 5. The third kappa shape index (κ3) is 3.66. The number of rotatable bonds is 4. The van der Waals surface area contributed by atoms with Gasteiger partial charge in [-0.1, -0.05) is 46.3 Å². The molecule has 0 aliphatic carbocycles. The van der Waals surface area contributed by atoms with Crippen molar-refractivity contribution in [3.05, 3.63) is 94.3 Å². The molecule has 1 aliphatic rings. The number of anilines is 2. The first-order chi connectivity index (χ1) is 15.1. The Hall–Kier alpha value is -3.65. The minimum Gasteiger partial charge on any atom is -0.461 e. The number of fused-ring (bicyclic) bond motifs is 1. The van der Waals surface area contributed by atoms with Crippen LogP contribution in [-0.2, 0) is 4.79 Å². The van der Waals surface area contributed by atoms with Gasteiger partial charge >= 0.3 is 0 Å². The first kappa shape index (κ1) is 19.3. The lowest BCUT2D eigenvalue weighted by molar-refractivity contribution is -0.113. The molecular weight excluding hydrogens is 458 g/mol. The molecular formula is C23H18BrN5O2. The number of para-hydroxylation sites is 1. The first-order valence-corrected chi connectivity index (χ1v) is 10.5. The van der Waals surface area contributed by atoms with Gasteiger partial charge in [-0.05, 0) is 48.9 Å². The largest absolute Gasteiger partial charge is 0.461 e. The number of carbonyl (C=O) groups excluding carboxylic acids is 1. The predicted octanol–water partition coefficient (Wildman–Crippen LogP) is 5.23. The Balaban J connectivity index is 1.62. The summed E-state index contributed by atoms with van der Waals surface area (Å²) in [5.41, 5.74) is 2.90. The fourth-order valence-electron chi connectivity index (χ4n) is 3.66. The highest BCUT2D eigenvalue weighted by Gasteiger charge is 2.34. The molecule has 1 atom stereocenters. The highest BCUT2D eigenvalue weighted by Crippen LogP contribution is 2.37. The Labute approximate surface area is 186 Å². The summed E-state index contributed by atoms with van der Waals surface area (Å²) >= 11 is 3.54. The maximum atomic E-state index is 13.4. The second-order valence-corrected chi connectivity index (χ2v) is 8.04. The predicted molar refractivity (Wildman–Crippen MR) is 121 cm³/mol. The van der Waals surface area contributed by atoms with Gasteiger partial charge in [-0.2, -0.15) is 4.98 Å². The van der Waals surface area contributed by atoms with Crippen molar-refractivity contribution >= 4 is 33.5 Å². The van der Waals surface area contributed by atoms with Crippen LogP contribution in [0.2, 0.25) is 0 Å². The average molecular weight is 476 g/mol. The van der Waals surface area contributed by atoms with Gasteiger partial charge in [0.05, 0.1) is 11.8 Å². The monoisotopic (exact) mass is 475 g/mol. The SMILES string of the molecule is CC1=C(C(=O)Nc2ccccc2)[C@@H](c2cccc(Br)c2)n2nc(-c3ccco3)nc2N1. The van der Waals surface area contributed by atoms with Crippen LogP contribution in [0, 0.1) is 0 Å².